The van der Waals surface area contributed by atoms with Gasteiger partial charge >= 0.3 is 0 Å². The first-order valence-corrected chi connectivity index (χ1v) is 7.87. The van der Waals surface area contributed by atoms with Gasteiger partial charge in [0, 0.05) is 6.04 Å². The molecule has 1 aromatic rings. The van der Waals surface area contributed by atoms with Crippen LogP contribution in [0.4, 0.5) is 5.69 Å². The quantitative estimate of drug-likeness (QED) is 0.897. The number of benzene rings is 1. The molecular formula is C13H19NO2S. The molecule has 0 heterocycles. The Bertz CT molecular complexity index is 476. The van der Waals surface area contributed by atoms with Crippen molar-refractivity contribution in [2.75, 3.05) is 11.1 Å². The third-order valence-electron chi connectivity index (χ3n) is 3.32. The van der Waals surface area contributed by atoms with Gasteiger partial charge in [-0.1, -0.05) is 31.9 Å². The minimum atomic E-state index is -3.13. The average molecular weight is 253 g/mol. The molecule has 3 nitrogen and oxygen atoms in total. The van der Waals surface area contributed by atoms with Gasteiger partial charge in [0.1, 0.15) is 0 Å². The molecule has 0 aromatic heterocycles. The highest BCUT2D eigenvalue weighted by Crippen LogP contribution is 2.27. The van der Waals surface area contributed by atoms with E-state index in [0.717, 1.165) is 18.5 Å². The van der Waals surface area contributed by atoms with Gasteiger partial charge in [-0.2, -0.15) is 0 Å². The lowest BCUT2D eigenvalue weighted by Gasteiger charge is -2.16. The molecule has 1 aliphatic rings. The molecule has 4 heteroatoms. The normalized spacial score (nSPS) is 17.2. The predicted molar refractivity (Wildman–Crippen MR) is 70.0 cm³/mol. The molecule has 1 saturated carbocycles. The van der Waals surface area contributed by atoms with Crippen LogP contribution in [0.3, 0.4) is 0 Å². The summed E-state index contributed by atoms with van der Waals surface area (Å²) in [5, 5.41) is 3.37. The predicted octanol–water partition coefficient (Wildman–Crippen LogP) is 2.83. The summed E-state index contributed by atoms with van der Waals surface area (Å²) in [5.41, 5.74) is 0.765. The van der Waals surface area contributed by atoms with Gasteiger partial charge in [-0.25, -0.2) is 8.42 Å². The molecule has 1 N–H and O–H groups in total. The summed E-state index contributed by atoms with van der Waals surface area (Å²) in [6.45, 7) is 1.68. The fraction of sp³-hybridized carbons (Fsp3) is 0.538. The number of nitrogens with one attached hydrogen (secondary N) is 1. The van der Waals surface area contributed by atoms with E-state index in [1.807, 2.05) is 12.1 Å². The largest absolute Gasteiger partial charge is 0.381 e. The van der Waals surface area contributed by atoms with Crippen LogP contribution in [0, 0.1) is 0 Å². The first kappa shape index (κ1) is 12.4. The molecule has 1 aliphatic carbocycles. The van der Waals surface area contributed by atoms with E-state index in [2.05, 4.69) is 5.32 Å². The molecule has 2 rings (SSSR count). The summed E-state index contributed by atoms with van der Waals surface area (Å²) in [5.74, 6) is 0.149. The van der Waals surface area contributed by atoms with E-state index in [9.17, 15) is 8.42 Å². The fourth-order valence-electron chi connectivity index (χ4n) is 2.30. The van der Waals surface area contributed by atoms with Gasteiger partial charge < -0.3 is 5.32 Å². The van der Waals surface area contributed by atoms with Crippen molar-refractivity contribution >= 4 is 15.5 Å². The SMILES string of the molecule is CCS(=O)(=O)c1ccccc1NC1CCCC1. The second-order valence-corrected chi connectivity index (χ2v) is 6.77. The van der Waals surface area contributed by atoms with Crippen LogP contribution >= 0.6 is 0 Å². The van der Waals surface area contributed by atoms with Crippen molar-refractivity contribution in [1.82, 2.24) is 0 Å². The first-order chi connectivity index (χ1) is 8.13. The van der Waals surface area contributed by atoms with Crippen LogP contribution in [0.2, 0.25) is 0 Å². The molecule has 0 atom stereocenters. The third kappa shape index (κ3) is 2.80. The molecular weight excluding hydrogens is 234 g/mol. The lowest BCUT2D eigenvalue weighted by atomic mass is 10.2. The molecule has 17 heavy (non-hydrogen) atoms. The summed E-state index contributed by atoms with van der Waals surface area (Å²) in [6, 6.07) is 7.65. The Hall–Kier alpha value is -1.03. The summed E-state index contributed by atoms with van der Waals surface area (Å²) < 4.78 is 23.9. The van der Waals surface area contributed by atoms with Crippen LogP contribution in [-0.4, -0.2) is 20.2 Å². The maximum absolute atomic E-state index is 12.0. The minimum Gasteiger partial charge on any atom is -0.381 e. The lowest BCUT2D eigenvalue weighted by Crippen LogP contribution is -2.17. The molecule has 0 amide bonds. The van der Waals surface area contributed by atoms with E-state index in [4.69, 9.17) is 0 Å². The standard InChI is InChI=1S/C13H19NO2S/c1-2-17(15,16)13-10-6-5-9-12(13)14-11-7-3-4-8-11/h5-6,9-11,14H,2-4,7-8H2,1H3. The van der Waals surface area contributed by atoms with Crippen molar-refractivity contribution in [3.63, 3.8) is 0 Å². The zero-order valence-corrected chi connectivity index (χ0v) is 11.0. The van der Waals surface area contributed by atoms with E-state index in [1.54, 1.807) is 19.1 Å². The van der Waals surface area contributed by atoms with Gasteiger partial charge in [-0.15, -0.1) is 0 Å². The van der Waals surface area contributed by atoms with Crippen LogP contribution in [-0.2, 0) is 9.84 Å². The Labute approximate surface area is 103 Å². The zero-order valence-electron chi connectivity index (χ0n) is 10.1. The molecule has 0 bridgehead atoms. The second-order valence-electron chi connectivity index (χ2n) is 4.53. The van der Waals surface area contributed by atoms with Crippen molar-refractivity contribution in [3.05, 3.63) is 24.3 Å². The number of para-hydroxylation sites is 1. The average Bonchev–Trinajstić information content (AvgIpc) is 2.82. The van der Waals surface area contributed by atoms with Crippen molar-refractivity contribution < 1.29 is 8.42 Å². The van der Waals surface area contributed by atoms with E-state index in [0.29, 0.717) is 10.9 Å². The monoisotopic (exact) mass is 253 g/mol. The molecule has 0 spiro atoms. The van der Waals surface area contributed by atoms with Gasteiger partial charge in [0.15, 0.2) is 9.84 Å². The van der Waals surface area contributed by atoms with E-state index < -0.39 is 9.84 Å². The summed E-state index contributed by atoms with van der Waals surface area (Å²) in [4.78, 5) is 0.439. The maximum Gasteiger partial charge on any atom is 0.180 e. The van der Waals surface area contributed by atoms with Gasteiger partial charge in [0.2, 0.25) is 0 Å². The van der Waals surface area contributed by atoms with Crippen LogP contribution in [0.15, 0.2) is 29.2 Å². The first-order valence-electron chi connectivity index (χ1n) is 6.22. The minimum absolute atomic E-state index is 0.149. The number of sulfone groups is 1. The fourth-order valence-corrected chi connectivity index (χ4v) is 3.36. The number of hydrogen-bond acceptors (Lipinski definition) is 3. The highest BCUT2D eigenvalue weighted by Gasteiger charge is 2.20. The second kappa shape index (κ2) is 5.08. The molecule has 94 valence electrons. The van der Waals surface area contributed by atoms with Crippen molar-refractivity contribution in [1.29, 1.82) is 0 Å². The smallest absolute Gasteiger partial charge is 0.180 e. The summed E-state index contributed by atoms with van der Waals surface area (Å²) in [6.07, 6.45) is 4.75. The van der Waals surface area contributed by atoms with E-state index in [-0.39, 0.29) is 5.75 Å². The van der Waals surface area contributed by atoms with Gasteiger partial charge in [0.05, 0.1) is 16.3 Å². The number of hydrogen-bond donors (Lipinski definition) is 1. The molecule has 0 saturated heterocycles. The number of rotatable bonds is 4. The van der Waals surface area contributed by atoms with Crippen molar-refractivity contribution in [3.8, 4) is 0 Å². The lowest BCUT2D eigenvalue weighted by molar-refractivity contribution is 0.597. The highest BCUT2D eigenvalue weighted by molar-refractivity contribution is 7.91. The Morgan fingerprint density at radius 2 is 1.88 bits per heavy atom. The van der Waals surface area contributed by atoms with Crippen molar-refractivity contribution in [2.45, 2.75) is 43.5 Å². The van der Waals surface area contributed by atoms with Crippen LogP contribution in [0.25, 0.3) is 0 Å². The Balaban J connectivity index is 2.27. The van der Waals surface area contributed by atoms with E-state index >= 15 is 0 Å². The zero-order chi connectivity index (χ0) is 12.3. The Morgan fingerprint density at radius 1 is 1.24 bits per heavy atom. The Morgan fingerprint density at radius 3 is 2.53 bits per heavy atom. The maximum atomic E-state index is 12.0. The third-order valence-corrected chi connectivity index (χ3v) is 5.10. The van der Waals surface area contributed by atoms with E-state index in [1.165, 1.54) is 12.8 Å². The van der Waals surface area contributed by atoms with Gasteiger partial charge in [-0.3, -0.25) is 0 Å². The molecule has 0 radical (unpaired) electrons. The molecule has 1 aromatic carbocycles. The van der Waals surface area contributed by atoms with Gasteiger partial charge in [-0.05, 0) is 25.0 Å². The van der Waals surface area contributed by atoms with Crippen LogP contribution in [0.1, 0.15) is 32.6 Å². The topological polar surface area (TPSA) is 46.2 Å². The van der Waals surface area contributed by atoms with Crippen molar-refractivity contribution in [2.24, 2.45) is 0 Å². The highest BCUT2D eigenvalue weighted by atomic mass is 32.2. The summed E-state index contributed by atoms with van der Waals surface area (Å²) >= 11 is 0. The number of anilines is 1. The molecule has 0 unspecified atom stereocenters. The van der Waals surface area contributed by atoms with Gasteiger partial charge in [0.25, 0.3) is 0 Å². The van der Waals surface area contributed by atoms with Crippen LogP contribution in [0.5, 0.6) is 0 Å². The summed E-state index contributed by atoms with van der Waals surface area (Å²) in [7, 11) is -3.13. The van der Waals surface area contributed by atoms with Crippen LogP contribution < -0.4 is 5.32 Å². The Kier molecular flexibility index (Phi) is 3.72. The molecule has 1 fully saturated rings. The molecule has 0 aliphatic heterocycles.